The Hall–Kier alpha value is -3.63. The zero-order chi connectivity index (χ0) is 25.4. The standard InChI is InChI=1S/C24H24ClN5O4S/c1-4-13-30-21(15(2)26-22(32)16-9-5-7-11-18(16)25)28-29-24(30)35-14-20(31)27-19-12-8-6-10-17(19)23(33)34-3/h4-12,15H,1,13-14H2,2-3H3,(H,26,32)(H,27,31)/t15-/m1/s1. The fourth-order valence-corrected chi connectivity index (χ4v) is 4.18. The van der Waals surface area contributed by atoms with Gasteiger partial charge in [-0.2, -0.15) is 0 Å². The molecular weight excluding hydrogens is 490 g/mol. The number of carbonyl (C=O) groups excluding carboxylic acids is 3. The first-order chi connectivity index (χ1) is 16.8. The first-order valence-electron chi connectivity index (χ1n) is 10.5. The quantitative estimate of drug-likeness (QED) is 0.238. The van der Waals surface area contributed by atoms with Crippen molar-refractivity contribution in [3.05, 3.63) is 83.2 Å². The fraction of sp³-hybridized carbons (Fsp3) is 0.208. The van der Waals surface area contributed by atoms with Crippen LogP contribution in [-0.2, 0) is 16.1 Å². The number of methoxy groups -OCH3 is 1. The molecular formula is C24H24ClN5O4S. The molecule has 3 aromatic rings. The molecule has 1 atom stereocenters. The van der Waals surface area contributed by atoms with E-state index in [-0.39, 0.29) is 23.1 Å². The lowest BCUT2D eigenvalue weighted by Crippen LogP contribution is -2.29. The molecule has 2 N–H and O–H groups in total. The largest absolute Gasteiger partial charge is 0.465 e. The summed E-state index contributed by atoms with van der Waals surface area (Å²) in [5.74, 6) is -0.693. The predicted molar refractivity (Wildman–Crippen MR) is 135 cm³/mol. The van der Waals surface area contributed by atoms with Crippen LogP contribution in [0.1, 0.15) is 39.5 Å². The molecule has 0 spiro atoms. The number of nitrogens with one attached hydrogen (secondary N) is 2. The zero-order valence-electron chi connectivity index (χ0n) is 19.2. The minimum Gasteiger partial charge on any atom is -0.465 e. The average molecular weight is 514 g/mol. The Bertz CT molecular complexity index is 1250. The number of thioether (sulfide) groups is 1. The van der Waals surface area contributed by atoms with Gasteiger partial charge in [0.05, 0.1) is 40.7 Å². The summed E-state index contributed by atoms with van der Waals surface area (Å²) < 4.78 is 6.52. The first-order valence-corrected chi connectivity index (χ1v) is 11.9. The average Bonchev–Trinajstić information content (AvgIpc) is 3.25. The van der Waals surface area contributed by atoms with Crippen LogP contribution >= 0.6 is 23.4 Å². The van der Waals surface area contributed by atoms with Crippen molar-refractivity contribution >= 4 is 46.8 Å². The molecule has 2 aromatic carbocycles. The van der Waals surface area contributed by atoms with Crippen molar-refractivity contribution in [1.29, 1.82) is 0 Å². The Balaban J connectivity index is 1.69. The third-order valence-electron chi connectivity index (χ3n) is 4.85. The van der Waals surface area contributed by atoms with Crippen LogP contribution in [0, 0.1) is 0 Å². The number of allylic oxidation sites excluding steroid dienone is 1. The molecule has 0 saturated heterocycles. The maximum Gasteiger partial charge on any atom is 0.339 e. The topological polar surface area (TPSA) is 115 Å². The van der Waals surface area contributed by atoms with Crippen molar-refractivity contribution in [2.24, 2.45) is 0 Å². The molecule has 0 aliphatic carbocycles. The van der Waals surface area contributed by atoms with E-state index in [4.69, 9.17) is 16.3 Å². The first kappa shape index (κ1) is 26.0. The van der Waals surface area contributed by atoms with E-state index >= 15 is 0 Å². The van der Waals surface area contributed by atoms with Gasteiger partial charge in [0.2, 0.25) is 5.91 Å². The molecule has 1 heterocycles. The van der Waals surface area contributed by atoms with Gasteiger partial charge in [-0.25, -0.2) is 4.79 Å². The molecule has 3 rings (SSSR count). The van der Waals surface area contributed by atoms with Gasteiger partial charge in [-0.1, -0.05) is 53.7 Å². The Morgan fingerprint density at radius 2 is 1.83 bits per heavy atom. The van der Waals surface area contributed by atoms with Gasteiger partial charge in [0.25, 0.3) is 5.91 Å². The van der Waals surface area contributed by atoms with Gasteiger partial charge in [0, 0.05) is 6.54 Å². The molecule has 182 valence electrons. The van der Waals surface area contributed by atoms with Crippen molar-refractivity contribution in [3.8, 4) is 0 Å². The molecule has 0 saturated carbocycles. The van der Waals surface area contributed by atoms with Crippen LogP contribution in [0.25, 0.3) is 0 Å². The number of para-hydroxylation sites is 1. The zero-order valence-corrected chi connectivity index (χ0v) is 20.7. The number of anilines is 1. The Kier molecular flexibility index (Phi) is 9.04. The van der Waals surface area contributed by atoms with Crippen LogP contribution in [0.15, 0.2) is 66.3 Å². The number of benzene rings is 2. The Morgan fingerprint density at radius 3 is 2.51 bits per heavy atom. The van der Waals surface area contributed by atoms with E-state index in [1.54, 1.807) is 66.1 Å². The van der Waals surface area contributed by atoms with Gasteiger partial charge in [0.1, 0.15) is 0 Å². The van der Waals surface area contributed by atoms with Crippen LogP contribution in [0.3, 0.4) is 0 Å². The number of hydrogen-bond donors (Lipinski definition) is 2. The smallest absolute Gasteiger partial charge is 0.339 e. The molecule has 0 bridgehead atoms. The summed E-state index contributed by atoms with van der Waals surface area (Å²) in [4.78, 5) is 37.1. The van der Waals surface area contributed by atoms with E-state index in [2.05, 4.69) is 27.4 Å². The number of esters is 1. The second-order valence-electron chi connectivity index (χ2n) is 7.29. The number of halogens is 1. The summed E-state index contributed by atoms with van der Waals surface area (Å²) in [7, 11) is 1.28. The lowest BCUT2D eigenvalue weighted by molar-refractivity contribution is -0.113. The van der Waals surface area contributed by atoms with E-state index in [9.17, 15) is 14.4 Å². The molecule has 0 aliphatic rings. The summed E-state index contributed by atoms with van der Waals surface area (Å²) in [6.07, 6.45) is 1.67. The number of aromatic nitrogens is 3. The van der Waals surface area contributed by atoms with Crippen LogP contribution in [-0.4, -0.2) is 45.4 Å². The van der Waals surface area contributed by atoms with Gasteiger partial charge >= 0.3 is 5.97 Å². The fourth-order valence-electron chi connectivity index (χ4n) is 3.21. The van der Waals surface area contributed by atoms with E-state index in [0.29, 0.717) is 33.8 Å². The van der Waals surface area contributed by atoms with Gasteiger partial charge < -0.3 is 19.9 Å². The van der Waals surface area contributed by atoms with Crippen LogP contribution in [0.2, 0.25) is 5.02 Å². The number of ether oxygens (including phenoxy) is 1. The second kappa shape index (κ2) is 12.2. The number of hydrogen-bond acceptors (Lipinski definition) is 7. The molecule has 11 heteroatoms. The van der Waals surface area contributed by atoms with Gasteiger partial charge in [-0.15, -0.1) is 16.8 Å². The maximum absolute atomic E-state index is 12.6. The third-order valence-corrected chi connectivity index (χ3v) is 6.15. The van der Waals surface area contributed by atoms with E-state index in [0.717, 1.165) is 0 Å². The van der Waals surface area contributed by atoms with Gasteiger partial charge in [0.15, 0.2) is 11.0 Å². The van der Waals surface area contributed by atoms with Crippen molar-refractivity contribution in [3.63, 3.8) is 0 Å². The molecule has 2 amide bonds. The number of amides is 2. The van der Waals surface area contributed by atoms with Crippen molar-refractivity contribution in [2.75, 3.05) is 18.2 Å². The van der Waals surface area contributed by atoms with E-state index < -0.39 is 12.0 Å². The Labute approximate surface area is 211 Å². The molecule has 0 unspecified atom stereocenters. The Morgan fingerprint density at radius 1 is 1.14 bits per heavy atom. The third kappa shape index (κ3) is 6.49. The predicted octanol–water partition coefficient (Wildman–Crippen LogP) is 4.13. The molecule has 0 radical (unpaired) electrons. The van der Waals surface area contributed by atoms with Crippen LogP contribution < -0.4 is 10.6 Å². The lowest BCUT2D eigenvalue weighted by Gasteiger charge is -2.15. The minimum atomic E-state index is -0.545. The maximum atomic E-state index is 12.6. The number of rotatable bonds is 10. The molecule has 1 aromatic heterocycles. The van der Waals surface area contributed by atoms with E-state index in [1.165, 1.54) is 18.9 Å². The molecule has 0 aliphatic heterocycles. The van der Waals surface area contributed by atoms with E-state index in [1.807, 2.05) is 0 Å². The summed E-state index contributed by atoms with van der Waals surface area (Å²) in [6, 6.07) is 12.9. The highest BCUT2D eigenvalue weighted by Gasteiger charge is 2.21. The molecule has 35 heavy (non-hydrogen) atoms. The number of nitrogens with zero attached hydrogens (tertiary/aromatic N) is 3. The summed E-state index contributed by atoms with van der Waals surface area (Å²) in [5.41, 5.74) is 0.969. The molecule has 9 nitrogen and oxygen atoms in total. The minimum absolute atomic E-state index is 0.0190. The van der Waals surface area contributed by atoms with Crippen LogP contribution in [0.4, 0.5) is 5.69 Å². The summed E-state index contributed by atoms with van der Waals surface area (Å²) >= 11 is 7.29. The van der Waals surface area contributed by atoms with Gasteiger partial charge in [-0.3, -0.25) is 9.59 Å². The van der Waals surface area contributed by atoms with Gasteiger partial charge in [-0.05, 0) is 31.2 Å². The summed E-state index contributed by atoms with van der Waals surface area (Å²) in [5, 5.41) is 14.8. The number of carbonyl (C=O) groups is 3. The van der Waals surface area contributed by atoms with Crippen molar-refractivity contribution in [1.82, 2.24) is 20.1 Å². The highest BCUT2D eigenvalue weighted by atomic mass is 35.5. The second-order valence-corrected chi connectivity index (χ2v) is 8.64. The highest BCUT2D eigenvalue weighted by molar-refractivity contribution is 7.99. The van der Waals surface area contributed by atoms with Crippen molar-refractivity contribution < 1.29 is 19.1 Å². The molecule has 0 fully saturated rings. The van der Waals surface area contributed by atoms with Crippen molar-refractivity contribution in [2.45, 2.75) is 24.7 Å². The van der Waals surface area contributed by atoms with Crippen LogP contribution in [0.5, 0.6) is 0 Å². The normalized spacial score (nSPS) is 11.4. The monoisotopic (exact) mass is 513 g/mol. The SMILES string of the molecule is C=CCn1c(SCC(=O)Nc2ccccc2C(=O)OC)nnc1[C@@H](C)NC(=O)c1ccccc1Cl. The summed E-state index contributed by atoms with van der Waals surface area (Å²) in [6.45, 7) is 5.93. The lowest BCUT2D eigenvalue weighted by atomic mass is 10.2. The highest BCUT2D eigenvalue weighted by Crippen LogP contribution is 2.23.